The lowest BCUT2D eigenvalue weighted by molar-refractivity contribution is 0.402. The zero-order valence-electron chi connectivity index (χ0n) is 14.2. The lowest BCUT2D eigenvalue weighted by Gasteiger charge is -2.13. The van der Waals surface area contributed by atoms with Gasteiger partial charge >= 0.3 is 0 Å². The number of rotatable bonds is 8. The fourth-order valence-corrected chi connectivity index (χ4v) is 3.71. The number of hydrogen-bond acceptors (Lipinski definition) is 4. The van der Waals surface area contributed by atoms with E-state index in [2.05, 4.69) is 4.72 Å². The van der Waals surface area contributed by atoms with Gasteiger partial charge in [-0.15, -0.1) is 0 Å². The van der Waals surface area contributed by atoms with Crippen LogP contribution in [0.5, 0.6) is 11.5 Å². The molecule has 0 heterocycles. The summed E-state index contributed by atoms with van der Waals surface area (Å²) in [6, 6.07) is 12.8. The van der Waals surface area contributed by atoms with Gasteiger partial charge in [0.2, 0.25) is 10.0 Å². The van der Waals surface area contributed by atoms with E-state index in [4.69, 9.17) is 9.47 Å². The van der Waals surface area contributed by atoms with Crippen molar-refractivity contribution in [2.24, 2.45) is 0 Å². The fraction of sp³-hybridized carbons (Fsp3) is 0.333. The number of aryl methyl sites for hydroxylation is 1. The standard InChI is InChI=1S/C18H23NO4S/c1-4-14-9-10-17(23-3)18(13-14)24(20,21)19-12-11-15-7-5-6-8-16(15)22-2/h5-10,13,19H,4,11-12H2,1-3H3. The molecule has 0 amide bonds. The Balaban J connectivity index is 2.14. The second kappa shape index (κ2) is 8.17. The van der Waals surface area contributed by atoms with E-state index in [1.165, 1.54) is 7.11 Å². The number of hydrogen-bond donors (Lipinski definition) is 1. The van der Waals surface area contributed by atoms with Crippen LogP contribution in [0.3, 0.4) is 0 Å². The van der Waals surface area contributed by atoms with Crippen LogP contribution in [0.1, 0.15) is 18.1 Å². The van der Waals surface area contributed by atoms with Crippen molar-refractivity contribution in [3.8, 4) is 11.5 Å². The molecule has 2 aromatic carbocycles. The van der Waals surface area contributed by atoms with Gasteiger partial charge in [0.15, 0.2) is 0 Å². The Bertz CT molecular complexity index is 787. The molecule has 1 N–H and O–H groups in total. The molecule has 0 bridgehead atoms. The Morgan fingerprint density at radius 3 is 2.38 bits per heavy atom. The van der Waals surface area contributed by atoms with Crippen LogP contribution in [-0.4, -0.2) is 29.2 Å². The molecule has 24 heavy (non-hydrogen) atoms. The van der Waals surface area contributed by atoms with Crippen LogP contribution in [0.2, 0.25) is 0 Å². The minimum atomic E-state index is -3.64. The van der Waals surface area contributed by atoms with Gasteiger partial charge in [-0.25, -0.2) is 13.1 Å². The molecule has 0 spiro atoms. The van der Waals surface area contributed by atoms with Crippen molar-refractivity contribution in [2.45, 2.75) is 24.7 Å². The summed E-state index contributed by atoms with van der Waals surface area (Å²) in [7, 11) is -0.573. The van der Waals surface area contributed by atoms with E-state index in [1.54, 1.807) is 19.2 Å². The smallest absolute Gasteiger partial charge is 0.244 e. The molecule has 0 aliphatic heterocycles. The van der Waals surface area contributed by atoms with Gasteiger partial charge in [-0.1, -0.05) is 31.2 Å². The molecule has 0 atom stereocenters. The highest BCUT2D eigenvalue weighted by Gasteiger charge is 2.19. The maximum Gasteiger partial charge on any atom is 0.244 e. The van der Waals surface area contributed by atoms with E-state index in [9.17, 15) is 8.42 Å². The molecule has 0 aliphatic rings. The predicted molar refractivity (Wildman–Crippen MR) is 94.3 cm³/mol. The second-order valence-electron chi connectivity index (χ2n) is 5.30. The molecule has 6 heteroatoms. The summed E-state index contributed by atoms with van der Waals surface area (Å²) in [6.07, 6.45) is 1.30. The molecule has 130 valence electrons. The predicted octanol–water partition coefficient (Wildman–Crippen LogP) is 2.79. The molecule has 0 aromatic heterocycles. The third-order valence-corrected chi connectivity index (χ3v) is 5.29. The quantitative estimate of drug-likeness (QED) is 0.796. The monoisotopic (exact) mass is 349 g/mol. The van der Waals surface area contributed by atoms with Gasteiger partial charge in [-0.2, -0.15) is 0 Å². The van der Waals surface area contributed by atoms with Gasteiger partial charge in [0, 0.05) is 6.54 Å². The largest absolute Gasteiger partial charge is 0.496 e. The Morgan fingerprint density at radius 2 is 1.71 bits per heavy atom. The van der Waals surface area contributed by atoms with E-state index < -0.39 is 10.0 Å². The maximum absolute atomic E-state index is 12.6. The molecule has 0 radical (unpaired) electrons. The summed E-state index contributed by atoms with van der Waals surface area (Å²) in [4.78, 5) is 0.171. The third-order valence-electron chi connectivity index (χ3n) is 3.80. The van der Waals surface area contributed by atoms with Gasteiger partial charge < -0.3 is 9.47 Å². The number of sulfonamides is 1. The normalized spacial score (nSPS) is 11.3. The summed E-state index contributed by atoms with van der Waals surface area (Å²) in [6.45, 7) is 2.26. The van der Waals surface area contributed by atoms with Crippen LogP contribution in [0, 0.1) is 0 Å². The molecule has 5 nitrogen and oxygen atoms in total. The van der Waals surface area contributed by atoms with E-state index >= 15 is 0 Å². The van der Waals surface area contributed by atoms with Crippen LogP contribution in [-0.2, 0) is 22.9 Å². The number of methoxy groups -OCH3 is 2. The number of benzene rings is 2. The summed E-state index contributed by atoms with van der Waals surface area (Å²) >= 11 is 0. The lowest BCUT2D eigenvalue weighted by atomic mass is 10.1. The highest BCUT2D eigenvalue weighted by atomic mass is 32.2. The minimum absolute atomic E-state index is 0.171. The van der Waals surface area contributed by atoms with Crippen LogP contribution < -0.4 is 14.2 Å². The van der Waals surface area contributed by atoms with Gasteiger partial charge in [-0.05, 0) is 42.2 Å². The topological polar surface area (TPSA) is 64.6 Å². The van der Waals surface area contributed by atoms with Crippen molar-refractivity contribution in [1.82, 2.24) is 4.72 Å². The minimum Gasteiger partial charge on any atom is -0.496 e. The van der Waals surface area contributed by atoms with Gasteiger partial charge in [-0.3, -0.25) is 0 Å². The number of para-hydroxylation sites is 1. The molecule has 0 unspecified atom stereocenters. The Morgan fingerprint density at radius 1 is 1.00 bits per heavy atom. The highest BCUT2D eigenvalue weighted by molar-refractivity contribution is 7.89. The average molecular weight is 349 g/mol. The lowest BCUT2D eigenvalue weighted by Crippen LogP contribution is -2.26. The first-order valence-electron chi connectivity index (χ1n) is 7.80. The summed E-state index contributed by atoms with van der Waals surface area (Å²) in [5.41, 5.74) is 1.90. The van der Waals surface area contributed by atoms with Crippen molar-refractivity contribution < 1.29 is 17.9 Å². The molecule has 2 rings (SSSR count). The number of nitrogens with one attached hydrogen (secondary N) is 1. The SMILES string of the molecule is CCc1ccc(OC)c(S(=O)(=O)NCCc2ccccc2OC)c1. The number of ether oxygens (including phenoxy) is 2. The molecular formula is C18H23NO4S. The average Bonchev–Trinajstić information content (AvgIpc) is 2.61. The van der Waals surface area contributed by atoms with E-state index in [-0.39, 0.29) is 11.4 Å². The molecule has 0 saturated heterocycles. The first-order valence-corrected chi connectivity index (χ1v) is 9.28. The molecule has 0 saturated carbocycles. The van der Waals surface area contributed by atoms with Gasteiger partial charge in [0.25, 0.3) is 0 Å². The summed E-state index contributed by atoms with van der Waals surface area (Å²) in [5.74, 6) is 1.10. The first-order chi connectivity index (χ1) is 11.5. The first kappa shape index (κ1) is 18.3. The molecule has 0 fully saturated rings. The Kier molecular flexibility index (Phi) is 6.23. The fourth-order valence-electron chi connectivity index (χ4n) is 2.46. The Labute approximate surface area is 143 Å². The van der Waals surface area contributed by atoms with Crippen LogP contribution in [0.15, 0.2) is 47.4 Å². The van der Waals surface area contributed by atoms with Gasteiger partial charge in [0.1, 0.15) is 16.4 Å². The second-order valence-corrected chi connectivity index (χ2v) is 7.03. The molecular weight excluding hydrogens is 326 g/mol. The van der Waals surface area contributed by atoms with E-state index in [0.717, 1.165) is 23.3 Å². The zero-order chi connectivity index (χ0) is 17.6. The summed E-state index contributed by atoms with van der Waals surface area (Å²) < 4.78 is 38.3. The van der Waals surface area contributed by atoms with Crippen molar-refractivity contribution in [2.75, 3.05) is 20.8 Å². The third kappa shape index (κ3) is 4.27. The molecule has 0 aliphatic carbocycles. The maximum atomic E-state index is 12.6. The van der Waals surface area contributed by atoms with Crippen LogP contribution in [0.25, 0.3) is 0 Å². The zero-order valence-corrected chi connectivity index (χ0v) is 15.0. The van der Waals surface area contributed by atoms with Crippen molar-refractivity contribution in [3.63, 3.8) is 0 Å². The highest BCUT2D eigenvalue weighted by Crippen LogP contribution is 2.25. The summed E-state index contributed by atoms with van der Waals surface area (Å²) in [5, 5.41) is 0. The van der Waals surface area contributed by atoms with Crippen LogP contribution in [0.4, 0.5) is 0 Å². The van der Waals surface area contributed by atoms with Crippen molar-refractivity contribution >= 4 is 10.0 Å². The Hall–Kier alpha value is -2.05. The van der Waals surface area contributed by atoms with Gasteiger partial charge in [0.05, 0.1) is 14.2 Å². The molecule has 2 aromatic rings. The van der Waals surface area contributed by atoms with E-state index in [1.807, 2.05) is 37.3 Å². The van der Waals surface area contributed by atoms with E-state index in [0.29, 0.717) is 12.2 Å². The van der Waals surface area contributed by atoms with Crippen LogP contribution >= 0.6 is 0 Å². The van der Waals surface area contributed by atoms with Crippen molar-refractivity contribution in [1.29, 1.82) is 0 Å². The van der Waals surface area contributed by atoms with Crippen molar-refractivity contribution in [3.05, 3.63) is 53.6 Å².